The van der Waals surface area contributed by atoms with E-state index < -0.39 is 0 Å². The zero-order chi connectivity index (χ0) is 16.9. The van der Waals surface area contributed by atoms with E-state index in [9.17, 15) is 4.79 Å². The van der Waals surface area contributed by atoms with Crippen LogP contribution >= 0.6 is 11.8 Å². The van der Waals surface area contributed by atoms with Gasteiger partial charge in [-0.25, -0.2) is 4.98 Å². The van der Waals surface area contributed by atoms with E-state index in [1.165, 1.54) is 10.5 Å². The third-order valence-corrected chi connectivity index (χ3v) is 6.20. The number of hydrogen-bond donors (Lipinski definition) is 0. The van der Waals surface area contributed by atoms with E-state index in [-0.39, 0.29) is 11.9 Å². The molecule has 3 rings (SSSR count). The molecule has 0 radical (unpaired) electrons. The van der Waals surface area contributed by atoms with Crippen molar-refractivity contribution in [2.75, 3.05) is 13.1 Å². The van der Waals surface area contributed by atoms with Crippen molar-refractivity contribution >= 4 is 17.7 Å². The number of rotatable bonds is 5. The molecule has 1 fully saturated rings. The summed E-state index contributed by atoms with van der Waals surface area (Å²) in [4.78, 5) is 20.0. The van der Waals surface area contributed by atoms with Gasteiger partial charge in [0.05, 0.1) is 6.33 Å². The Labute approximate surface area is 148 Å². The highest BCUT2D eigenvalue weighted by molar-refractivity contribution is 8.00. The van der Waals surface area contributed by atoms with Crippen LogP contribution in [-0.2, 0) is 4.79 Å². The van der Waals surface area contributed by atoms with Crippen LogP contribution in [0.5, 0.6) is 0 Å². The second-order valence-corrected chi connectivity index (χ2v) is 7.87. The molecule has 0 aliphatic carbocycles. The van der Waals surface area contributed by atoms with Crippen LogP contribution in [0.15, 0.2) is 47.9 Å². The molecular formula is C19H25N3OS. The van der Waals surface area contributed by atoms with Crippen molar-refractivity contribution in [3.05, 3.63) is 48.5 Å². The fourth-order valence-electron chi connectivity index (χ4n) is 3.11. The fourth-order valence-corrected chi connectivity index (χ4v) is 4.33. The van der Waals surface area contributed by atoms with Gasteiger partial charge in [0.15, 0.2) is 0 Å². The van der Waals surface area contributed by atoms with E-state index in [1.807, 2.05) is 27.4 Å². The molecule has 1 aromatic heterocycles. The Hall–Kier alpha value is -1.75. The number of benzene rings is 1. The third kappa shape index (κ3) is 4.20. The maximum atomic E-state index is 12.5. The van der Waals surface area contributed by atoms with Crippen LogP contribution < -0.4 is 0 Å². The number of carbonyl (C=O) groups is 1. The normalized spacial score (nSPS) is 17.0. The van der Waals surface area contributed by atoms with Crippen LogP contribution in [-0.4, -0.2) is 38.7 Å². The largest absolute Gasteiger partial charge is 0.343 e. The highest BCUT2D eigenvalue weighted by Crippen LogP contribution is 2.32. The average molecular weight is 343 g/mol. The monoisotopic (exact) mass is 343 g/mol. The molecule has 1 aliphatic heterocycles. The molecule has 4 nitrogen and oxygen atoms in total. The van der Waals surface area contributed by atoms with Gasteiger partial charge in [-0.05, 0) is 38.3 Å². The summed E-state index contributed by atoms with van der Waals surface area (Å²) in [6, 6.07) is 8.72. The topological polar surface area (TPSA) is 38.1 Å². The highest BCUT2D eigenvalue weighted by atomic mass is 32.2. The summed E-state index contributed by atoms with van der Waals surface area (Å²) in [5.74, 6) is 0.260. The Balaban J connectivity index is 1.48. The van der Waals surface area contributed by atoms with Crippen molar-refractivity contribution in [2.24, 2.45) is 0 Å². The zero-order valence-corrected chi connectivity index (χ0v) is 15.2. The lowest BCUT2D eigenvalue weighted by Gasteiger charge is -2.32. The first kappa shape index (κ1) is 17.1. The molecule has 1 atom stereocenters. The minimum atomic E-state index is 0.166. The number of hydrogen-bond acceptors (Lipinski definition) is 3. The molecular weight excluding hydrogens is 318 g/mol. The number of aromatic nitrogens is 2. The summed E-state index contributed by atoms with van der Waals surface area (Å²) in [5.41, 5.74) is 1.34. The van der Waals surface area contributed by atoms with E-state index >= 15 is 0 Å². The standard InChI is InChI=1S/C19H25N3OS/c1-15-5-3-4-6-18(15)24-17-7-10-21(11-8-17)19(23)13-16(2)22-12-9-20-14-22/h3-6,9,12,14,16-17H,7-8,10-11,13H2,1-2H3. The summed E-state index contributed by atoms with van der Waals surface area (Å²) >= 11 is 1.97. The molecule has 128 valence electrons. The van der Waals surface area contributed by atoms with Gasteiger partial charge in [-0.1, -0.05) is 18.2 Å². The number of aryl methyl sites for hydroxylation is 1. The minimum Gasteiger partial charge on any atom is -0.343 e. The van der Waals surface area contributed by atoms with E-state index in [0.29, 0.717) is 11.7 Å². The molecule has 5 heteroatoms. The Morgan fingerprint density at radius 3 is 2.75 bits per heavy atom. The minimum absolute atomic E-state index is 0.166. The number of nitrogens with zero attached hydrogens (tertiary/aromatic N) is 3. The molecule has 24 heavy (non-hydrogen) atoms. The van der Waals surface area contributed by atoms with E-state index in [0.717, 1.165) is 25.9 Å². The summed E-state index contributed by atoms with van der Waals surface area (Å²) in [7, 11) is 0. The molecule has 1 unspecified atom stereocenters. The van der Waals surface area contributed by atoms with Gasteiger partial charge in [-0.3, -0.25) is 4.79 Å². The van der Waals surface area contributed by atoms with E-state index in [1.54, 1.807) is 12.5 Å². The number of amides is 1. The maximum absolute atomic E-state index is 12.5. The third-order valence-electron chi connectivity index (χ3n) is 4.69. The lowest BCUT2D eigenvalue weighted by Crippen LogP contribution is -2.40. The molecule has 0 saturated carbocycles. The van der Waals surface area contributed by atoms with Crippen molar-refractivity contribution in [3.63, 3.8) is 0 Å². The number of carbonyl (C=O) groups excluding carboxylic acids is 1. The number of piperidine rings is 1. The second-order valence-electron chi connectivity index (χ2n) is 6.53. The molecule has 2 aromatic rings. The van der Waals surface area contributed by atoms with Crippen LogP contribution in [0.3, 0.4) is 0 Å². The van der Waals surface area contributed by atoms with E-state index in [2.05, 4.69) is 43.1 Å². The van der Waals surface area contributed by atoms with Crippen molar-refractivity contribution in [1.29, 1.82) is 0 Å². The summed E-state index contributed by atoms with van der Waals surface area (Å²) < 4.78 is 2.00. The van der Waals surface area contributed by atoms with Crippen molar-refractivity contribution in [3.8, 4) is 0 Å². The van der Waals surface area contributed by atoms with Gasteiger partial charge in [0.25, 0.3) is 0 Å². The first-order valence-electron chi connectivity index (χ1n) is 8.61. The smallest absolute Gasteiger partial charge is 0.224 e. The van der Waals surface area contributed by atoms with Gasteiger partial charge < -0.3 is 9.47 Å². The Bertz CT molecular complexity index is 663. The first-order chi connectivity index (χ1) is 11.6. The lowest BCUT2D eigenvalue weighted by molar-refractivity contribution is -0.132. The predicted molar refractivity (Wildman–Crippen MR) is 98.2 cm³/mol. The number of thioether (sulfide) groups is 1. The Morgan fingerprint density at radius 1 is 1.33 bits per heavy atom. The molecule has 2 heterocycles. The molecule has 0 N–H and O–H groups in total. The maximum Gasteiger partial charge on any atom is 0.224 e. The van der Waals surface area contributed by atoms with Crippen molar-refractivity contribution < 1.29 is 4.79 Å². The molecule has 0 spiro atoms. The SMILES string of the molecule is Cc1ccccc1SC1CCN(C(=O)CC(C)n2ccnc2)CC1. The van der Waals surface area contributed by atoms with Crippen LogP contribution in [0.4, 0.5) is 0 Å². The van der Waals surface area contributed by atoms with Crippen LogP contribution in [0.2, 0.25) is 0 Å². The summed E-state index contributed by atoms with van der Waals surface area (Å²) in [6.45, 7) is 5.98. The van der Waals surface area contributed by atoms with Gasteiger partial charge in [-0.15, -0.1) is 11.8 Å². The summed E-state index contributed by atoms with van der Waals surface area (Å²) in [5, 5.41) is 0.612. The summed E-state index contributed by atoms with van der Waals surface area (Å²) in [6.07, 6.45) is 8.15. The lowest BCUT2D eigenvalue weighted by atomic mass is 10.1. The highest BCUT2D eigenvalue weighted by Gasteiger charge is 2.24. The van der Waals surface area contributed by atoms with Gasteiger partial charge >= 0.3 is 0 Å². The number of likely N-dealkylation sites (tertiary alicyclic amines) is 1. The quantitative estimate of drug-likeness (QED) is 0.826. The van der Waals surface area contributed by atoms with Gasteiger partial charge in [-0.2, -0.15) is 0 Å². The van der Waals surface area contributed by atoms with Crippen LogP contribution in [0.1, 0.15) is 37.8 Å². The molecule has 1 saturated heterocycles. The fraction of sp³-hybridized carbons (Fsp3) is 0.474. The van der Waals surface area contributed by atoms with Crippen LogP contribution in [0, 0.1) is 6.92 Å². The average Bonchev–Trinajstić information content (AvgIpc) is 3.12. The van der Waals surface area contributed by atoms with Crippen LogP contribution in [0.25, 0.3) is 0 Å². The second kappa shape index (κ2) is 7.88. The van der Waals surface area contributed by atoms with Gasteiger partial charge in [0, 0.05) is 48.1 Å². The molecule has 1 amide bonds. The molecule has 1 aromatic carbocycles. The van der Waals surface area contributed by atoms with E-state index in [4.69, 9.17) is 0 Å². The van der Waals surface area contributed by atoms with Crippen molar-refractivity contribution in [1.82, 2.24) is 14.5 Å². The first-order valence-corrected chi connectivity index (χ1v) is 9.49. The molecule has 1 aliphatic rings. The molecule has 0 bridgehead atoms. The predicted octanol–water partition coefficient (Wildman–Crippen LogP) is 3.93. The van der Waals surface area contributed by atoms with Gasteiger partial charge in [0.1, 0.15) is 0 Å². The zero-order valence-electron chi connectivity index (χ0n) is 14.4. The Morgan fingerprint density at radius 2 is 2.08 bits per heavy atom. The Kier molecular flexibility index (Phi) is 5.61. The van der Waals surface area contributed by atoms with Crippen molar-refractivity contribution in [2.45, 2.75) is 49.3 Å². The number of imidazole rings is 1. The van der Waals surface area contributed by atoms with Gasteiger partial charge in [0.2, 0.25) is 5.91 Å².